The predicted octanol–water partition coefficient (Wildman–Crippen LogP) is -0.591. The molecule has 0 aromatic heterocycles. The molecule has 0 radical (unpaired) electrons. The highest BCUT2D eigenvalue weighted by Gasteiger charge is 2.47. The van der Waals surface area contributed by atoms with Crippen molar-refractivity contribution in [3.05, 3.63) is 22.0 Å². The van der Waals surface area contributed by atoms with E-state index >= 15 is 0 Å². The van der Waals surface area contributed by atoms with Crippen LogP contribution in [-0.4, -0.2) is 91.5 Å². The molecule has 0 aromatic carbocycles. The number of ether oxygens (including phenoxy) is 2. The van der Waals surface area contributed by atoms with Gasteiger partial charge in [0, 0.05) is 33.2 Å². The van der Waals surface area contributed by atoms with Gasteiger partial charge in [-0.05, 0) is 0 Å². The van der Waals surface area contributed by atoms with E-state index < -0.39 is 0 Å². The first kappa shape index (κ1) is 14.7. The first-order valence-corrected chi connectivity index (χ1v) is 7.40. The summed E-state index contributed by atoms with van der Waals surface area (Å²) in [5, 5.41) is 11.4. The van der Waals surface area contributed by atoms with Crippen molar-refractivity contribution in [2.24, 2.45) is 0 Å². The minimum Gasteiger partial charge on any atom is -0.379 e. The van der Waals surface area contributed by atoms with Crippen LogP contribution in [0.4, 0.5) is 0 Å². The molecule has 0 aromatic rings. The fraction of sp³-hybridized carbons (Fsp3) is 0.846. The molecule has 3 rings (SSSR count). The van der Waals surface area contributed by atoms with Gasteiger partial charge in [0.05, 0.1) is 37.6 Å². The molecule has 3 aliphatic rings. The van der Waals surface area contributed by atoms with Crippen LogP contribution in [0.15, 0.2) is 11.9 Å². The van der Waals surface area contributed by atoms with E-state index in [1.165, 1.54) is 0 Å². The molecule has 2 atom stereocenters. The molecule has 0 amide bonds. The second kappa shape index (κ2) is 6.27. The van der Waals surface area contributed by atoms with E-state index in [0.717, 1.165) is 26.2 Å². The van der Waals surface area contributed by atoms with Crippen molar-refractivity contribution in [3.63, 3.8) is 0 Å². The minimum atomic E-state index is -0.239. The quantitative estimate of drug-likeness (QED) is 0.509. The molecular weight excluding hydrogens is 276 g/mol. The summed E-state index contributed by atoms with van der Waals surface area (Å²) in [5.74, 6) is 0. The van der Waals surface area contributed by atoms with E-state index in [1.54, 1.807) is 6.20 Å². The number of morpholine rings is 2. The lowest BCUT2D eigenvalue weighted by Crippen LogP contribution is -2.59. The van der Waals surface area contributed by atoms with Crippen molar-refractivity contribution >= 4 is 0 Å². The molecule has 2 saturated heterocycles. The van der Waals surface area contributed by atoms with Gasteiger partial charge in [-0.3, -0.25) is 19.9 Å². The molecular formula is C13H22N4O4. The monoisotopic (exact) mass is 298 g/mol. The highest BCUT2D eigenvalue weighted by molar-refractivity contribution is 5.15. The van der Waals surface area contributed by atoms with Crippen molar-refractivity contribution < 1.29 is 14.4 Å². The number of nitro groups is 1. The summed E-state index contributed by atoms with van der Waals surface area (Å²) < 4.78 is 10.8. The van der Waals surface area contributed by atoms with Crippen LogP contribution in [0, 0.1) is 10.1 Å². The van der Waals surface area contributed by atoms with E-state index in [1.807, 2.05) is 11.9 Å². The smallest absolute Gasteiger partial charge is 0.282 e. The highest BCUT2D eigenvalue weighted by Crippen LogP contribution is 2.29. The topological polar surface area (TPSA) is 71.3 Å². The van der Waals surface area contributed by atoms with Crippen molar-refractivity contribution in [2.45, 2.75) is 12.2 Å². The molecule has 0 saturated carbocycles. The Morgan fingerprint density at radius 1 is 1.10 bits per heavy atom. The van der Waals surface area contributed by atoms with Gasteiger partial charge in [-0.15, -0.1) is 0 Å². The molecule has 0 bridgehead atoms. The van der Waals surface area contributed by atoms with E-state index in [0.29, 0.717) is 26.4 Å². The number of hydrogen-bond donors (Lipinski definition) is 0. The number of likely N-dealkylation sites (N-methyl/N-ethyl adjacent to an activating group) is 1. The van der Waals surface area contributed by atoms with Gasteiger partial charge in [0.15, 0.2) is 0 Å². The normalized spacial score (nSPS) is 32.2. The summed E-state index contributed by atoms with van der Waals surface area (Å²) in [6.07, 6.45) is 1.69. The van der Waals surface area contributed by atoms with E-state index in [2.05, 4.69) is 9.80 Å². The van der Waals surface area contributed by atoms with Crippen LogP contribution >= 0.6 is 0 Å². The molecule has 8 nitrogen and oxygen atoms in total. The second-order valence-electron chi connectivity index (χ2n) is 5.63. The van der Waals surface area contributed by atoms with Gasteiger partial charge in [0.25, 0.3) is 5.70 Å². The standard InChI is InChI=1S/C13H22N4O4/c1-14-10-11(17(18)19)12(15-2-6-20-7-3-15)13(14)16-4-8-21-9-5-16/h10,12-13H,2-9H2,1H3. The zero-order chi connectivity index (χ0) is 14.8. The van der Waals surface area contributed by atoms with Crippen LogP contribution < -0.4 is 0 Å². The van der Waals surface area contributed by atoms with Crippen molar-refractivity contribution in [3.8, 4) is 0 Å². The van der Waals surface area contributed by atoms with Crippen LogP contribution in [-0.2, 0) is 9.47 Å². The first-order chi connectivity index (χ1) is 10.2. The summed E-state index contributed by atoms with van der Waals surface area (Å²) in [4.78, 5) is 17.6. The average molecular weight is 298 g/mol. The molecule has 2 unspecified atom stereocenters. The van der Waals surface area contributed by atoms with E-state index in [4.69, 9.17) is 9.47 Å². The van der Waals surface area contributed by atoms with Gasteiger partial charge < -0.3 is 14.4 Å². The maximum absolute atomic E-state index is 11.4. The Hall–Kier alpha value is -1.22. The van der Waals surface area contributed by atoms with Gasteiger partial charge >= 0.3 is 0 Å². The molecule has 21 heavy (non-hydrogen) atoms. The van der Waals surface area contributed by atoms with Gasteiger partial charge in [-0.1, -0.05) is 0 Å². The molecule has 8 heteroatoms. The second-order valence-corrected chi connectivity index (χ2v) is 5.63. The Balaban J connectivity index is 1.83. The summed E-state index contributed by atoms with van der Waals surface area (Å²) in [6, 6.07) is -0.202. The fourth-order valence-electron chi connectivity index (χ4n) is 3.42. The molecule has 2 fully saturated rings. The minimum absolute atomic E-state index is 0.00685. The summed E-state index contributed by atoms with van der Waals surface area (Å²) in [6.45, 7) is 5.77. The Morgan fingerprint density at radius 3 is 2.14 bits per heavy atom. The average Bonchev–Trinajstić information content (AvgIpc) is 2.87. The molecule has 0 spiro atoms. The summed E-state index contributed by atoms with van der Waals surface area (Å²) >= 11 is 0. The van der Waals surface area contributed by atoms with E-state index in [-0.39, 0.29) is 22.8 Å². The van der Waals surface area contributed by atoms with Crippen molar-refractivity contribution in [2.75, 3.05) is 59.7 Å². The van der Waals surface area contributed by atoms with Crippen LogP contribution in [0.3, 0.4) is 0 Å². The SMILES string of the molecule is CN1C=C([N+](=O)[O-])C(N2CCOCC2)C1N1CCOCC1. The molecule has 0 aliphatic carbocycles. The van der Waals surface area contributed by atoms with Crippen LogP contribution in [0.25, 0.3) is 0 Å². The Kier molecular flexibility index (Phi) is 4.39. The Labute approximate surface area is 124 Å². The lowest BCUT2D eigenvalue weighted by molar-refractivity contribution is -0.433. The first-order valence-electron chi connectivity index (χ1n) is 7.40. The van der Waals surface area contributed by atoms with E-state index in [9.17, 15) is 10.1 Å². The lowest BCUT2D eigenvalue weighted by Gasteiger charge is -2.42. The van der Waals surface area contributed by atoms with Crippen LogP contribution in [0.1, 0.15) is 0 Å². The third kappa shape index (κ3) is 2.89. The Bertz CT molecular complexity index is 418. The van der Waals surface area contributed by atoms with Crippen molar-refractivity contribution in [1.29, 1.82) is 0 Å². The Morgan fingerprint density at radius 2 is 1.62 bits per heavy atom. The lowest BCUT2D eigenvalue weighted by atomic mass is 10.1. The molecule has 3 heterocycles. The summed E-state index contributed by atoms with van der Waals surface area (Å²) in [7, 11) is 1.92. The van der Waals surface area contributed by atoms with Gasteiger partial charge in [-0.2, -0.15) is 0 Å². The third-order valence-corrected chi connectivity index (χ3v) is 4.41. The van der Waals surface area contributed by atoms with Crippen LogP contribution in [0.2, 0.25) is 0 Å². The van der Waals surface area contributed by atoms with Gasteiger partial charge in [0.1, 0.15) is 12.2 Å². The third-order valence-electron chi connectivity index (χ3n) is 4.41. The van der Waals surface area contributed by atoms with Gasteiger partial charge in [-0.25, -0.2) is 0 Å². The highest BCUT2D eigenvalue weighted by atomic mass is 16.6. The number of hydrogen-bond acceptors (Lipinski definition) is 7. The maximum Gasteiger partial charge on any atom is 0.282 e. The summed E-state index contributed by atoms with van der Waals surface area (Å²) in [5.41, 5.74) is 0.288. The van der Waals surface area contributed by atoms with Crippen molar-refractivity contribution in [1.82, 2.24) is 14.7 Å². The van der Waals surface area contributed by atoms with Crippen LogP contribution in [0.5, 0.6) is 0 Å². The number of nitrogens with zero attached hydrogens (tertiary/aromatic N) is 4. The number of rotatable bonds is 3. The molecule has 3 aliphatic heterocycles. The predicted molar refractivity (Wildman–Crippen MR) is 75.2 cm³/mol. The zero-order valence-electron chi connectivity index (χ0n) is 12.3. The van der Waals surface area contributed by atoms with Gasteiger partial charge in [0.2, 0.25) is 0 Å². The maximum atomic E-state index is 11.4. The molecule has 118 valence electrons. The molecule has 0 N–H and O–H groups in total. The largest absolute Gasteiger partial charge is 0.379 e. The zero-order valence-corrected chi connectivity index (χ0v) is 12.3. The fourth-order valence-corrected chi connectivity index (χ4v) is 3.42.